The van der Waals surface area contributed by atoms with Crippen molar-refractivity contribution in [3.8, 4) is 0 Å². The molecular weight excluding hydrogens is 274 g/mol. The van der Waals surface area contributed by atoms with Crippen molar-refractivity contribution < 1.29 is 0 Å². The lowest BCUT2D eigenvalue weighted by atomic mass is 9.93. The Morgan fingerprint density at radius 1 is 1.00 bits per heavy atom. The molecule has 1 N–H and O–H groups in total. The third kappa shape index (κ3) is 2.74. The van der Waals surface area contributed by atoms with Gasteiger partial charge in [-0.15, -0.1) is 11.3 Å². The van der Waals surface area contributed by atoms with Crippen LogP contribution in [0.1, 0.15) is 33.8 Å². The normalized spacial score (nSPS) is 12.7. The minimum Gasteiger partial charge on any atom is -0.306 e. The Morgan fingerprint density at radius 2 is 1.81 bits per heavy atom. The van der Waals surface area contributed by atoms with E-state index in [1.165, 1.54) is 31.7 Å². The fraction of sp³-hybridized carbons (Fsp3) is 0.263. The molecule has 0 radical (unpaired) electrons. The highest BCUT2D eigenvalue weighted by Crippen LogP contribution is 2.34. The number of hydrogen-bond donors (Lipinski definition) is 1. The van der Waals surface area contributed by atoms with Crippen molar-refractivity contribution in [1.82, 2.24) is 5.32 Å². The number of rotatable bonds is 4. The molecule has 0 aliphatic heterocycles. The summed E-state index contributed by atoms with van der Waals surface area (Å²) in [4.78, 5) is 2.76. The summed E-state index contributed by atoms with van der Waals surface area (Å²) in [5, 5.41) is 6.34. The zero-order valence-electron chi connectivity index (χ0n) is 12.8. The molecule has 0 aliphatic rings. The lowest BCUT2D eigenvalue weighted by Crippen LogP contribution is -2.22. The molecule has 1 nitrogen and oxygen atoms in total. The van der Waals surface area contributed by atoms with E-state index >= 15 is 0 Å². The molecule has 1 unspecified atom stereocenters. The van der Waals surface area contributed by atoms with Crippen molar-refractivity contribution in [3.05, 3.63) is 69.4 Å². The Balaban J connectivity index is 2.21. The van der Waals surface area contributed by atoms with Gasteiger partial charge in [-0.3, -0.25) is 0 Å². The van der Waals surface area contributed by atoms with E-state index in [4.69, 9.17) is 0 Å². The first-order valence-corrected chi connectivity index (χ1v) is 8.30. The van der Waals surface area contributed by atoms with Crippen LogP contribution in [0.3, 0.4) is 0 Å². The summed E-state index contributed by atoms with van der Waals surface area (Å²) in [5.41, 5.74) is 2.77. The number of benzene rings is 2. The number of fused-ring (bicyclic) bond motifs is 1. The topological polar surface area (TPSA) is 12.0 Å². The Kier molecular flexibility index (Phi) is 4.09. The smallest absolute Gasteiger partial charge is 0.0679 e. The summed E-state index contributed by atoms with van der Waals surface area (Å²) >= 11 is 1.89. The average molecular weight is 295 g/mol. The van der Waals surface area contributed by atoms with Crippen LogP contribution in [0.5, 0.6) is 0 Å². The molecule has 1 aromatic heterocycles. The van der Waals surface area contributed by atoms with Crippen molar-refractivity contribution >= 4 is 22.1 Å². The van der Waals surface area contributed by atoms with Gasteiger partial charge in [-0.25, -0.2) is 0 Å². The maximum Gasteiger partial charge on any atom is 0.0679 e. The van der Waals surface area contributed by atoms with Crippen molar-refractivity contribution in [2.45, 2.75) is 26.8 Å². The minimum atomic E-state index is 0.278. The monoisotopic (exact) mass is 295 g/mol. The molecule has 0 aliphatic carbocycles. The van der Waals surface area contributed by atoms with E-state index in [9.17, 15) is 0 Å². The van der Waals surface area contributed by atoms with E-state index in [-0.39, 0.29) is 6.04 Å². The van der Waals surface area contributed by atoms with Gasteiger partial charge in [0, 0.05) is 9.75 Å². The van der Waals surface area contributed by atoms with Gasteiger partial charge in [0.25, 0.3) is 0 Å². The van der Waals surface area contributed by atoms with Crippen LogP contribution >= 0.6 is 11.3 Å². The molecule has 0 saturated heterocycles. The molecule has 1 atom stereocenters. The Labute approximate surface area is 130 Å². The zero-order valence-corrected chi connectivity index (χ0v) is 13.6. The summed E-state index contributed by atoms with van der Waals surface area (Å²) in [7, 11) is 0. The number of aryl methyl sites for hydroxylation is 2. The summed E-state index contributed by atoms with van der Waals surface area (Å²) in [6.45, 7) is 7.53. The highest BCUT2D eigenvalue weighted by Gasteiger charge is 2.19. The summed E-state index contributed by atoms with van der Waals surface area (Å²) < 4.78 is 0. The average Bonchev–Trinajstić information content (AvgIpc) is 2.92. The molecule has 2 aromatic carbocycles. The van der Waals surface area contributed by atoms with Crippen molar-refractivity contribution in [3.63, 3.8) is 0 Å². The zero-order chi connectivity index (χ0) is 14.8. The first kappa shape index (κ1) is 14.3. The van der Waals surface area contributed by atoms with Crippen LogP contribution in [-0.4, -0.2) is 6.54 Å². The van der Waals surface area contributed by atoms with Gasteiger partial charge in [0.05, 0.1) is 6.04 Å². The van der Waals surface area contributed by atoms with Gasteiger partial charge in [0.1, 0.15) is 0 Å². The minimum absolute atomic E-state index is 0.278. The van der Waals surface area contributed by atoms with Gasteiger partial charge >= 0.3 is 0 Å². The Hall–Kier alpha value is -1.64. The highest BCUT2D eigenvalue weighted by molar-refractivity contribution is 7.12. The van der Waals surface area contributed by atoms with E-state index < -0.39 is 0 Å². The van der Waals surface area contributed by atoms with E-state index in [0.29, 0.717) is 0 Å². The molecular formula is C19H21NS. The predicted molar refractivity (Wildman–Crippen MR) is 93.3 cm³/mol. The van der Waals surface area contributed by atoms with E-state index in [1.807, 2.05) is 11.3 Å². The van der Waals surface area contributed by atoms with Gasteiger partial charge < -0.3 is 5.32 Å². The second kappa shape index (κ2) is 6.00. The summed E-state index contributed by atoms with van der Waals surface area (Å²) in [6, 6.07) is 17.9. The van der Waals surface area contributed by atoms with Crippen LogP contribution in [0.15, 0.2) is 48.5 Å². The maximum absolute atomic E-state index is 3.67. The molecule has 0 spiro atoms. The number of nitrogens with one attached hydrogen (secondary N) is 1. The molecule has 0 saturated carbocycles. The first-order chi connectivity index (χ1) is 10.2. The quantitative estimate of drug-likeness (QED) is 0.696. The van der Waals surface area contributed by atoms with E-state index in [0.717, 1.165) is 6.54 Å². The van der Waals surface area contributed by atoms with Gasteiger partial charge in [0.2, 0.25) is 0 Å². The second-order valence-electron chi connectivity index (χ2n) is 5.46. The SMILES string of the molecule is CCNC(c1ccc(C)s1)c1c(C)ccc2ccccc12. The third-order valence-electron chi connectivity index (χ3n) is 3.93. The van der Waals surface area contributed by atoms with E-state index in [2.05, 4.69) is 74.6 Å². The second-order valence-corrected chi connectivity index (χ2v) is 6.78. The van der Waals surface area contributed by atoms with Crippen molar-refractivity contribution in [2.75, 3.05) is 6.54 Å². The van der Waals surface area contributed by atoms with Crippen LogP contribution in [0.25, 0.3) is 10.8 Å². The molecule has 0 amide bonds. The van der Waals surface area contributed by atoms with Gasteiger partial charge in [0.15, 0.2) is 0 Å². The Bertz CT molecular complexity index is 757. The van der Waals surface area contributed by atoms with Crippen LogP contribution in [0.2, 0.25) is 0 Å². The highest BCUT2D eigenvalue weighted by atomic mass is 32.1. The van der Waals surface area contributed by atoms with Crippen LogP contribution in [0.4, 0.5) is 0 Å². The third-order valence-corrected chi connectivity index (χ3v) is 5.00. The number of hydrogen-bond acceptors (Lipinski definition) is 2. The molecule has 0 fully saturated rings. The summed E-state index contributed by atoms with van der Waals surface area (Å²) in [5.74, 6) is 0. The van der Waals surface area contributed by atoms with Crippen molar-refractivity contribution in [2.24, 2.45) is 0 Å². The standard InChI is InChI=1S/C19H21NS/c1-4-20-19(17-12-10-14(3)21-17)18-13(2)9-11-15-7-5-6-8-16(15)18/h5-12,19-20H,4H2,1-3H3. The largest absolute Gasteiger partial charge is 0.306 e. The molecule has 1 heterocycles. The fourth-order valence-corrected chi connectivity index (χ4v) is 3.91. The van der Waals surface area contributed by atoms with Gasteiger partial charge in [-0.2, -0.15) is 0 Å². The van der Waals surface area contributed by atoms with Crippen LogP contribution in [0, 0.1) is 13.8 Å². The molecule has 0 bridgehead atoms. The van der Waals surface area contributed by atoms with E-state index in [1.54, 1.807) is 0 Å². The Morgan fingerprint density at radius 3 is 2.52 bits per heavy atom. The predicted octanol–water partition coefficient (Wildman–Crippen LogP) is 5.22. The van der Waals surface area contributed by atoms with Crippen LogP contribution in [-0.2, 0) is 0 Å². The van der Waals surface area contributed by atoms with Gasteiger partial charge in [-0.05, 0) is 54.4 Å². The molecule has 2 heteroatoms. The molecule has 3 rings (SSSR count). The molecule has 3 aromatic rings. The fourth-order valence-electron chi connectivity index (χ4n) is 2.95. The molecule has 21 heavy (non-hydrogen) atoms. The molecule has 108 valence electrons. The van der Waals surface area contributed by atoms with Crippen molar-refractivity contribution in [1.29, 1.82) is 0 Å². The first-order valence-electron chi connectivity index (χ1n) is 7.48. The summed E-state index contributed by atoms with van der Waals surface area (Å²) in [6.07, 6.45) is 0. The van der Waals surface area contributed by atoms with Gasteiger partial charge in [-0.1, -0.05) is 43.3 Å². The van der Waals surface area contributed by atoms with Crippen LogP contribution < -0.4 is 5.32 Å². The lowest BCUT2D eigenvalue weighted by molar-refractivity contribution is 0.640. The maximum atomic E-state index is 3.67. The lowest BCUT2D eigenvalue weighted by Gasteiger charge is -2.21. The number of thiophene rings is 1.